The molecule has 0 spiro atoms. The predicted molar refractivity (Wildman–Crippen MR) is 84.3 cm³/mol. The number of fused-ring (bicyclic) bond motifs is 1. The van der Waals surface area contributed by atoms with Crippen LogP contribution in [0.3, 0.4) is 0 Å². The minimum atomic E-state index is 0.598. The van der Waals surface area contributed by atoms with Crippen molar-refractivity contribution < 1.29 is 0 Å². The van der Waals surface area contributed by atoms with E-state index in [1.165, 1.54) is 11.8 Å². The molecule has 0 fully saturated rings. The van der Waals surface area contributed by atoms with Gasteiger partial charge in [0.15, 0.2) is 0 Å². The molecule has 0 radical (unpaired) electrons. The van der Waals surface area contributed by atoms with Crippen molar-refractivity contribution in [2.75, 3.05) is 25.3 Å². The zero-order chi connectivity index (χ0) is 14.8. The highest BCUT2D eigenvalue weighted by atomic mass is 32.2. The minimum Gasteiger partial charge on any atom is -0.378 e. The topological polar surface area (TPSA) is 63.6 Å². The molecule has 0 bridgehead atoms. The van der Waals surface area contributed by atoms with Crippen LogP contribution in [0, 0.1) is 0 Å². The zero-order valence-corrected chi connectivity index (χ0v) is 12.8. The fourth-order valence-corrected chi connectivity index (χ4v) is 2.27. The molecule has 0 aliphatic carbocycles. The lowest BCUT2D eigenvalue weighted by Crippen LogP contribution is -2.08. The molecule has 3 aromatic rings. The summed E-state index contributed by atoms with van der Waals surface area (Å²) in [5.41, 5.74) is 2.16. The Morgan fingerprint density at radius 1 is 1.19 bits per heavy atom. The quantitative estimate of drug-likeness (QED) is 0.541. The Morgan fingerprint density at radius 3 is 2.62 bits per heavy atom. The van der Waals surface area contributed by atoms with E-state index in [1.54, 1.807) is 21.7 Å². The second-order valence-corrected chi connectivity index (χ2v) is 5.38. The van der Waals surface area contributed by atoms with Gasteiger partial charge in [-0.25, -0.2) is 0 Å². The van der Waals surface area contributed by atoms with Gasteiger partial charge in [-0.15, -0.1) is 10.2 Å². The number of benzene rings is 1. The van der Waals surface area contributed by atoms with Gasteiger partial charge in [0.05, 0.1) is 6.21 Å². The molecule has 7 nitrogen and oxygen atoms in total. The monoisotopic (exact) mass is 301 g/mol. The van der Waals surface area contributed by atoms with Gasteiger partial charge in [-0.1, -0.05) is 23.9 Å². The second kappa shape index (κ2) is 5.57. The van der Waals surface area contributed by atoms with Crippen molar-refractivity contribution in [2.24, 2.45) is 5.10 Å². The molecule has 0 N–H and O–H groups in total. The number of aromatic nitrogens is 5. The summed E-state index contributed by atoms with van der Waals surface area (Å²) in [5.74, 6) is 0.598. The van der Waals surface area contributed by atoms with Crippen molar-refractivity contribution >= 4 is 29.4 Å². The van der Waals surface area contributed by atoms with E-state index >= 15 is 0 Å². The van der Waals surface area contributed by atoms with Gasteiger partial charge >= 0.3 is 0 Å². The highest BCUT2D eigenvalue weighted by Gasteiger charge is 2.09. The molecule has 8 heteroatoms. The molecule has 0 saturated carbocycles. The van der Waals surface area contributed by atoms with Gasteiger partial charge < -0.3 is 4.90 Å². The third-order valence-corrected chi connectivity index (χ3v) is 3.62. The molecule has 108 valence electrons. The van der Waals surface area contributed by atoms with E-state index < -0.39 is 0 Å². The second-order valence-electron chi connectivity index (χ2n) is 4.60. The van der Waals surface area contributed by atoms with Crippen molar-refractivity contribution in [3.8, 4) is 0 Å². The van der Waals surface area contributed by atoms with Crippen LogP contribution < -0.4 is 4.90 Å². The molecule has 2 heterocycles. The molecule has 0 unspecified atom stereocenters. The lowest BCUT2D eigenvalue weighted by Gasteiger charge is -2.11. The summed E-state index contributed by atoms with van der Waals surface area (Å²) in [4.78, 5) is 2.06. The first-order valence-corrected chi connectivity index (χ1v) is 7.56. The fraction of sp³-hybridized carbons (Fsp3) is 0.231. The molecule has 0 amide bonds. The van der Waals surface area contributed by atoms with Gasteiger partial charge in [0.2, 0.25) is 5.16 Å². The number of nitrogens with zero attached hydrogens (tertiary/aromatic N) is 7. The van der Waals surface area contributed by atoms with E-state index in [4.69, 9.17) is 0 Å². The number of rotatable bonds is 4. The summed E-state index contributed by atoms with van der Waals surface area (Å²) in [6.07, 6.45) is 5.33. The van der Waals surface area contributed by atoms with Crippen LogP contribution in [0.25, 0.3) is 5.78 Å². The highest BCUT2D eigenvalue weighted by molar-refractivity contribution is 7.98. The molecule has 0 aliphatic rings. The van der Waals surface area contributed by atoms with Gasteiger partial charge in [0, 0.05) is 19.8 Å². The van der Waals surface area contributed by atoms with Crippen molar-refractivity contribution in [3.05, 3.63) is 36.2 Å². The Bertz CT molecular complexity index is 770. The van der Waals surface area contributed by atoms with Crippen molar-refractivity contribution in [1.82, 2.24) is 24.5 Å². The van der Waals surface area contributed by atoms with Crippen LogP contribution in [0.1, 0.15) is 5.56 Å². The molecular weight excluding hydrogens is 286 g/mol. The Balaban J connectivity index is 1.85. The van der Waals surface area contributed by atoms with Gasteiger partial charge in [-0.2, -0.15) is 19.4 Å². The van der Waals surface area contributed by atoms with Crippen LogP contribution in [-0.4, -0.2) is 51.1 Å². The number of anilines is 1. The summed E-state index contributed by atoms with van der Waals surface area (Å²) in [5, 5.41) is 17.4. The van der Waals surface area contributed by atoms with Gasteiger partial charge in [-0.3, -0.25) is 0 Å². The fourth-order valence-electron chi connectivity index (χ4n) is 1.85. The standard InChI is InChI=1S/C13H15N7S/c1-18(2)11-6-4-10(5-7-11)8-14-19-9-15-20-12(19)16-17-13(20)21-3/h4-9H,1-3H3. The average Bonchev–Trinajstić information content (AvgIpc) is 3.07. The normalized spacial score (nSPS) is 11.6. The highest BCUT2D eigenvalue weighted by Crippen LogP contribution is 2.13. The Morgan fingerprint density at radius 2 is 1.95 bits per heavy atom. The SMILES string of the molecule is CSc1nnc2n(N=Cc3ccc(N(C)C)cc3)cnn12. The molecule has 21 heavy (non-hydrogen) atoms. The van der Waals surface area contributed by atoms with E-state index in [2.05, 4.69) is 25.3 Å². The Labute approximate surface area is 126 Å². The first kappa shape index (κ1) is 13.6. The largest absolute Gasteiger partial charge is 0.378 e. The van der Waals surface area contributed by atoms with E-state index in [-0.39, 0.29) is 0 Å². The maximum absolute atomic E-state index is 4.37. The number of hydrogen-bond acceptors (Lipinski definition) is 6. The van der Waals surface area contributed by atoms with Crippen LogP contribution >= 0.6 is 11.8 Å². The minimum absolute atomic E-state index is 0.598. The van der Waals surface area contributed by atoms with E-state index in [0.29, 0.717) is 5.78 Å². The molecule has 0 atom stereocenters. The maximum Gasteiger partial charge on any atom is 0.275 e. The molecule has 0 saturated heterocycles. The summed E-state index contributed by atoms with van der Waals surface area (Å²) in [7, 11) is 4.03. The molecule has 3 rings (SSSR count). The predicted octanol–water partition coefficient (Wildman–Crippen LogP) is 1.60. The summed E-state index contributed by atoms with van der Waals surface area (Å²) in [6, 6.07) is 8.13. The Kier molecular flexibility index (Phi) is 3.61. The van der Waals surface area contributed by atoms with E-state index in [0.717, 1.165) is 16.4 Å². The Hall–Kier alpha value is -2.35. The van der Waals surface area contributed by atoms with Crippen molar-refractivity contribution in [1.29, 1.82) is 0 Å². The van der Waals surface area contributed by atoms with Crippen LogP contribution in [0.15, 0.2) is 40.9 Å². The molecule has 2 aromatic heterocycles. The lowest BCUT2D eigenvalue weighted by molar-refractivity contribution is 0.817. The summed E-state index contributed by atoms with van der Waals surface area (Å²) < 4.78 is 3.27. The summed E-state index contributed by atoms with van der Waals surface area (Å²) in [6.45, 7) is 0. The van der Waals surface area contributed by atoms with Crippen molar-refractivity contribution in [3.63, 3.8) is 0 Å². The van der Waals surface area contributed by atoms with Gasteiger partial charge in [0.25, 0.3) is 5.78 Å². The van der Waals surface area contributed by atoms with E-state index in [9.17, 15) is 0 Å². The van der Waals surface area contributed by atoms with Crippen molar-refractivity contribution in [2.45, 2.75) is 5.16 Å². The molecule has 0 aliphatic heterocycles. The third kappa shape index (κ3) is 2.62. The van der Waals surface area contributed by atoms with Crippen LogP contribution in [0.4, 0.5) is 5.69 Å². The van der Waals surface area contributed by atoms with Gasteiger partial charge in [0.1, 0.15) is 6.33 Å². The van der Waals surface area contributed by atoms with Crippen LogP contribution in [0.5, 0.6) is 0 Å². The average molecular weight is 301 g/mol. The van der Waals surface area contributed by atoms with Crippen LogP contribution in [-0.2, 0) is 0 Å². The smallest absolute Gasteiger partial charge is 0.275 e. The van der Waals surface area contributed by atoms with E-state index in [1.807, 2.05) is 44.6 Å². The van der Waals surface area contributed by atoms with Gasteiger partial charge in [-0.05, 0) is 24.0 Å². The maximum atomic E-state index is 4.37. The third-order valence-electron chi connectivity index (χ3n) is 3.00. The zero-order valence-electron chi connectivity index (χ0n) is 12.0. The first-order chi connectivity index (χ1) is 10.2. The lowest BCUT2D eigenvalue weighted by atomic mass is 10.2. The number of hydrogen-bond donors (Lipinski definition) is 0. The van der Waals surface area contributed by atoms with Crippen LogP contribution in [0.2, 0.25) is 0 Å². The molecule has 1 aromatic carbocycles. The molecular formula is C13H15N7S. The number of thioether (sulfide) groups is 1. The summed E-state index contributed by atoms with van der Waals surface area (Å²) >= 11 is 1.49. The first-order valence-electron chi connectivity index (χ1n) is 6.33.